The van der Waals surface area contributed by atoms with Gasteiger partial charge in [-0.15, -0.1) is 0 Å². The summed E-state index contributed by atoms with van der Waals surface area (Å²) in [6.07, 6.45) is 0. The van der Waals surface area contributed by atoms with Crippen molar-refractivity contribution in [1.29, 1.82) is 0 Å². The highest BCUT2D eigenvalue weighted by Crippen LogP contribution is 2.34. The molecule has 3 aromatic rings. The number of ether oxygens (including phenoxy) is 2. The van der Waals surface area contributed by atoms with Crippen LogP contribution in [0.4, 0.5) is 10.1 Å². The van der Waals surface area contributed by atoms with Gasteiger partial charge in [0, 0.05) is 10.6 Å². The number of methoxy groups -OCH3 is 1. The lowest BCUT2D eigenvalue weighted by atomic mass is 10.0. The molecular weight excluding hydrogens is 353 g/mol. The van der Waals surface area contributed by atoms with Crippen LogP contribution in [0.1, 0.15) is 5.56 Å². The maximum atomic E-state index is 14.1. The first-order chi connectivity index (χ1) is 12.6. The molecule has 1 aliphatic heterocycles. The van der Waals surface area contributed by atoms with Crippen LogP contribution >= 0.6 is 11.6 Å². The Balaban J connectivity index is 1.67. The fraction of sp³-hybridized carbons (Fsp3) is 0.0952. The van der Waals surface area contributed by atoms with Gasteiger partial charge in [0.25, 0.3) is 0 Å². The summed E-state index contributed by atoms with van der Waals surface area (Å²) in [4.78, 5) is 4.64. The molecule has 0 radical (unpaired) electrons. The number of rotatable bonds is 3. The third-order valence-corrected chi connectivity index (χ3v) is 4.48. The quantitative estimate of drug-likeness (QED) is 0.597. The van der Waals surface area contributed by atoms with Gasteiger partial charge in [0.05, 0.1) is 12.8 Å². The van der Waals surface area contributed by atoms with E-state index in [4.69, 9.17) is 21.1 Å². The van der Waals surface area contributed by atoms with E-state index < -0.39 is 0 Å². The fourth-order valence-corrected chi connectivity index (χ4v) is 3.03. The Morgan fingerprint density at radius 2 is 1.77 bits per heavy atom. The van der Waals surface area contributed by atoms with Crippen molar-refractivity contribution in [2.24, 2.45) is 4.99 Å². The van der Waals surface area contributed by atoms with Crippen LogP contribution in [0.2, 0.25) is 5.02 Å². The molecule has 4 rings (SSSR count). The third kappa shape index (κ3) is 3.16. The molecule has 3 nitrogen and oxygen atoms in total. The van der Waals surface area contributed by atoms with Crippen molar-refractivity contribution >= 4 is 23.0 Å². The summed E-state index contributed by atoms with van der Waals surface area (Å²) < 4.78 is 25.1. The molecule has 26 heavy (non-hydrogen) atoms. The lowest BCUT2D eigenvalue weighted by Crippen LogP contribution is -2.16. The van der Waals surface area contributed by atoms with Gasteiger partial charge in [0.2, 0.25) is 0 Å². The highest BCUT2D eigenvalue weighted by Gasteiger charge is 2.15. The summed E-state index contributed by atoms with van der Waals surface area (Å²) in [6.45, 7) is 0.376. The summed E-state index contributed by atoms with van der Waals surface area (Å²) in [5.74, 6) is 1.04. The van der Waals surface area contributed by atoms with E-state index >= 15 is 0 Å². The molecule has 3 aromatic carbocycles. The molecule has 0 aliphatic carbocycles. The van der Waals surface area contributed by atoms with Crippen molar-refractivity contribution < 1.29 is 13.9 Å². The zero-order valence-corrected chi connectivity index (χ0v) is 14.8. The molecule has 0 aromatic heterocycles. The highest BCUT2D eigenvalue weighted by molar-refractivity contribution is 6.31. The first-order valence-electron chi connectivity index (χ1n) is 8.08. The number of nitrogens with zero attached hydrogens (tertiary/aromatic N) is 1. The molecule has 5 heteroatoms. The number of aliphatic imine (C=N–C) groups is 1. The Hall–Kier alpha value is -2.85. The van der Waals surface area contributed by atoms with Crippen molar-refractivity contribution in [3.05, 3.63) is 77.1 Å². The molecule has 0 spiro atoms. The summed E-state index contributed by atoms with van der Waals surface area (Å²) in [5.41, 5.74) is 3.70. The van der Waals surface area contributed by atoms with E-state index in [1.165, 1.54) is 6.07 Å². The van der Waals surface area contributed by atoms with Gasteiger partial charge in [-0.2, -0.15) is 0 Å². The second-order valence-corrected chi connectivity index (χ2v) is 6.32. The minimum Gasteiger partial charge on any atom is -0.497 e. The number of benzene rings is 3. The van der Waals surface area contributed by atoms with Gasteiger partial charge in [-0.05, 0) is 47.5 Å². The van der Waals surface area contributed by atoms with E-state index in [1.807, 2.05) is 30.3 Å². The van der Waals surface area contributed by atoms with Gasteiger partial charge >= 0.3 is 0 Å². The van der Waals surface area contributed by atoms with Crippen LogP contribution in [0.25, 0.3) is 11.1 Å². The SMILES string of the molecule is COc1ccc(F)c(-c2ccc(C3=Nc4cc(Cl)ccc4OC3)cc2)c1. The van der Waals surface area contributed by atoms with E-state index in [2.05, 4.69) is 4.99 Å². The minimum absolute atomic E-state index is 0.291. The Bertz CT molecular complexity index is 999. The molecule has 0 N–H and O–H groups in total. The molecule has 0 saturated heterocycles. The van der Waals surface area contributed by atoms with E-state index in [9.17, 15) is 4.39 Å². The average Bonchev–Trinajstić information content (AvgIpc) is 2.68. The lowest BCUT2D eigenvalue weighted by Gasteiger charge is -2.17. The number of hydrogen-bond donors (Lipinski definition) is 0. The van der Waals surface area contributed by atoms with Crippen LogP contribution < -0.4 is 9.47 Å². The normalized spacial score (nSPS) is 12.8. The minimum atomic E-state index is -0.291. The first kappa shape index (κ1) is 16.6. The number of hydrogen-bond acceptors (Lipinski definition) is 3. The maximum absolute atomic E-state index is 14.1. The lowest BCUT2D eigenvalue weighted by molar-refractivity contribution is 0.373. The van der Waals surface area contributed by atoms with Crippen molar-refractivity contribution in [3.63, 3.8) is 0 Å². The predicted octanol–water partition coefficient (Wildman–Crippen LogP) is 5.67. The summed E-state index contributed by atoms with van der Waals surface area (Å²) in [5, 5.41) is 0.612. The van der Waals surface area contributed by atoms with Crippen molar-refractivity contribution in [2.75, 3.05) is 13.7 Å². The van der Waals surface area contributed by atoms with E-state index in [1.54, 1.807) is 31.4 Å². The standard InChI is InChI=1S/C21H15ClFNO2/c1-25-16-7-8-18(23)17(11-16)13-2-4-14(5-3-13)20-12-26-21-9-6-15(22)10-19(21)24-20/h2-11H,12H2,1H3. The summed E-state index contributed by atoms with van der Waals surface area (Å²) in [7, 11) is 1.56. The molecule has 0 amide bonds. The van der Waals surface area contributed by atoms with Gasteiger partial charge < -0.3 is 9.47 Å². The zero-order valence-electron chi connectivity index (χ0n) is 14.0. The fourth-order valence-electron chi connectivity index (χ4n) is 2.87. The first-order valence-corrected chi connectivity index (χ1v) is 8.46. The summed E-state index contributed by atoms with van der Waals surface area (Å²) >= 11 is 6.03. The van der Waals surface area contributed by atoms with E-state index in [0.717, 1.165) is 16.8 Å². The molecule has 1 aliphatic rings. The number of fused-ring (bicyclic) bond motifs is 1. The second-order valence-electron chi connectivity index (χ2n) is 5.88. The molecule has 0 saturated carbocycles. The van der Waals surface area contributed by atoms with Gasteiger partial charge in [-0.3, -0.25) is 0 Å². The monoisotopic (exact) mass is 367 g/mol. The Kier molecular flexibility index (Phi) is 4.35. The maximum Gasteiger partial charge on any atom is 0.145 e. The highest BCUT2D eigenvalue weighted by atomic mass is 35.5. The van der Waals surface area contributed by atoms with Crippen LogP contribution in [0.3, 0.4) is 0 Å². The van der Waals surface area contributed by atoms with Crippen LogP contribution in [-0.2, 0) is 0 Å². The Morgan fingerprint density at radius 1 is 1.00 bits per heavy atom. The molecule has 0 atom stereocenters. The molecule has 0 bridgehead atoms. The topological polar surface area (TPSA) is 30.8 Å². The average molecular weight is 368 g/mol. The predicted molar refractivity (Wildman–Crippen MR) is 102 cm³/mol. The van der Waals surface area contributed by atoms with Crippen LogP contribution in [-0.4, -0.2) is 19.4 Å². The van der Waals surface area contributed by atoms with Gasteiger partial charge in [-0.1, -0.05) is 35.9 Å². The van der Waals surface area contributed by atoms with Gasteiger partial charge in [0.15, 0.2) is 0 Å². The van der Waals surface area contributed by atoms with Crippen LogP contribution in [0.5, 0.6) is 11.5 Å². The second kappa shape index (κ2) is 6.81. The molecule has 0 unspecified atom stereocenters. The van der Waals surface area contributed by atoms with Crippen molar-refractivity contribution in [1.82, 2.24) is 0 Å². The molecule has 0 fully saturated rings. The third-order valence-electron chi connectivity index (χ3n) is 4.24. The van der Waals surface area contributed by atoms with Crippen molar-refractivity contribution in [3.8, 4) is 22.6 Å². The molecule has 130 valence electrons. The van der Waals surface area contributed by atoms with Crippen LogP contribution in [0, 0.1) is 5.82 Å². The van der Waals surface area contributed by atoms with E-state index in [-0.39, 0.29) is 5.82 Å². The van der Waals surface area contributed by atoms with E-state index in [0.29, 0.717) is 34.4 Å². The zero-order chi connectivity index (χ0) is 18.1. The molecular formula is C21H15ClFNO2. The summed E-state index contributed by atoms with van der Waals surface area (Å²) in [6, 6.07) is 17.6. The Labute approximate surface area is 155 Å². The van der Waals surface area contributed by atoms with Gasteiger partial charge in [-0.25, -0.2) is 9.38 Å². The van der Waals surface area contributed by atoms with Gasteiger partial charge in [0.1, 0.15) is 29.6 Å². The molecule has 1 heterocycles. The van der Waals surface area contributed by atoms with Crippen molar-refractivity contribution in [2.45, 2.75) is 0 Å². The smallest absolute Gasteiger partial charge is 0.145 e. The van der Waals surface area contributed by atoms with Crippen LogP contribution in [0.15, 0.2) is 65.7 Å². The number of halogens is 2. The largest absolute Gasteiger partial charge is 0.497 e. The Morgan fingerprint density at radius 3 is 2.54 bits per heavy atom.